The first-order valence-electron chi connectivity index (χ1n) is 9.88. The molecule has 1 aliphatic rings. The zero-order valence-electron chi connectivity index (χ0n) is 16.9. The zero-order valence-corrected chi connectivity index (χ0v) is 16.9. The molecular weight excluding hydrogens is 350 g/mol. The highest BCUT2D eigenvalue weighted by Crippen LogP contribution is 2.23. The van der Waals surface area contributed by atoms with Gasteiger partial charge in [-0.15, -0.1) is 0 Å². The third-order valence-electron chi connectivity index (χ3n) is 5.23. The molecule has 2 aromatic rings. The monoisotopic (exact) mass is 379 g/mol. The summed E-state index contributed by atoms with van der Waals surface area (Å²) in [5, 5.41) is 6.04. The van der Waals surface area contributed by atoms with Crippen LogP contribution in [0, 0.1) is 26.7 Å². The van der Waals surface area contributed by atoms with Crippen LogP contribution in [0.4, 0.5) is 11.4 Å². The largest absolute Gasteiger partial charge is 0.326 e. The molecule has 1 atom stereocenters. The fourth-order valence-corrected chi connectivity index (χ4v) is 3.94. The van der Waals surface area contributed by atoms with Gasteiger partial charge in [-0.2, -0.15) is 0 Å². The summed E-state index contributed by atoms with van der Waals surface area (Å²) in [6.45, 7) is 7.84. The fourth-order valence-electron chi connectivity index (χ4n) is 3.94. The van der Waals surface area contributed by atoms with Crippen LogP contribution < -0.4 is 10.6 Å². The molecule has 28 heavy (non-hydrogen) atoms. The molecule has 2 N–H and O–H groups in total. The van der Waals surface area contributed by atoms with E-state index in [4.69, 9.17) is 0 Å². The number of piperidine rings is 1. The van der Waals surface area contributed by atoms with Crippen LogP contribution in [0.1, 0.15) is 29.5 Å². The summed E-state index contributed by atoms with van der Waals surface area (Å²) in [6.07, 6.45) is 1.77. The molecule has 1 saturated heterocycles. The van der Waals surface area contributed by atoms with Crippen molar-refractivity contribution in [2.75, 3.05) is 30.3 Å². The van der Waals surface area contributed by atoms with E-state index in [1.54, 1.807) is 0 Å². The molecule has 2 amide bonds. The van der Waals surface area contributed by atoms with Gasteiger partial charge < -0.3 is 10.6 Å². The summed E-state index contributed by atoms with van der Waals surface area (Å²) in [4.78, 5) is 27.2. The molecule has 5 nitrogen and oxygen atoms in total. The number of nitrogens with one attached hydrogen (secondary N) is 2. The van der Waals surface area contributed by atoms with Crippen molar-refractivity contribution in [3.63, 3.8) is 0 Å². The number of likely N-dealkylation sites (tertiary alicyclic amines) is 1. The van der Waals surface area contributed by atoms with Crippen LogP contribution in [-0.2, 0) is 9.59 Å². The minimum absolute atomic E-state index is 0.0285. The molecule has 0 aromatic heterocycles. The highest BCUT2D eigenvalue weighted by molar-refractivity contribution is 5.94. The minimum Gasteiger partial charge on any atom is -0.326 e. The van der Waals surface area contributed by atoms with Crippen molar-refractivity contribution in [3.05, 3.63) is 59.2 Å². The Morgan fingerprint density at radius 2 is 1.71 bits per heavy atom. The van der Waals surface area contributed by atoms with E-state index in [0.717, 1.165) is 41.9 Å². The molecule has 0 radical (unpaired) electrons. The number of amides is 2. The Labute approximate surface area is 167 Å². The molecule has 1 heterocycles. The number of aryl methyl sites for hydroxylation is 3. The molecule has 0 aliphatic carbocycles. The molecule has 0 bridgehead atoms. The van der Waals surface area contributed by atoms with E-state index in [9.17, 15) is 9.59 Å². The average molecular weight is 380 g/mol. The number of rotatable bonds is 5. The molecule has 0 saturated carbocycles. The van der Waals surface area contributed by atoms with E-state index in [-0.39, 0.29) is 17.7 Å². The van der Waals surface area contributed by atoms with Gasteiger partial charge in [-0.3, -0.25) is 14.5 Å². The van der Waals surface area contributed by atoms with Crippen LogP contribution in [0.5, 0.6) is 0 Å². The predicted octanol–water partition coefficient (Wildman–Crippen LogP) is 3.90. The third kappa shape index (κ3) is 5.20. The Morgan fingerprint density at radius 3 is 2.39 bits per heavy atom. The lowest BCUT2D eigenvalue weighted by molar-refractivity contribution is -0.123. The lowest BCUT2D eigenvalue weighted by atomic mass is 9.97. The second kappa shape index (κ2) is 9.02. The first-order valence-corrected chi connectivity index (χ1v) is 9.88. The van der Waals surface area contributed by atoms with E-state index in [2.05, 4.69) is 34.6 Å². The van der Waals surface area contributed by atoms with Crippen LogP contribution in [0.3, 0.4) is 0 Å². The molecule has 1 fully saturated rings. The fraction of sp³-hybridized carbons (Fsp3) is 0.391. The van der Waals surface area contributed by atoms with Crippen LogP contribution in [0.2, 0.25) is 0 Å². The maximum Gasteiger partial charge on any atom is 0.238 e. The van der Waals surface area contributed by atoms with Crippen LogP contribution >= 0.6 is 0 Å². The molecule has 0 spiro atoms. The maximum absolute atomic E-state index is 12.6. The number of anilines is 2. The summed E-state index contributed by atoms with van der Waals surface area (Å²) >= 11 is 0. The third-order valence-corrected chi connectivity index (χ3v) is 5.23. The average Bonchev–Trinajstić information content (AvgIpc) is 2.65. The lowest BCUT2D eigenvalue weighted by Gasteiger charge is -2.31. The van der Waals surface area contributed by atoms with Crippen molar-refractivity contribution in [1.82, 2.24) is 4.90 Å². The van der Waals surface area contributed by atoms with Gasteiger partial charge in [0.15, 0.2) is 0 Å². The summed E-state index contributed by atoms with van der Waals surface area (Å²) in [6, 6.07) is 13.7. The Bertz CT molecular complexity index is 825. The van der Waals surface area contributed by atoms with Crippen molar-refractivity contribution in [2.24, 2.45) is 5.92 Å². The van der Waals surface area contributed by atoms with E-state index < -0.39 is 0 Å². The van der Waals surface area contributed by atoms with Gasteiger partial charge in [-0.05, 0) is 63.4 Å². The SMILES string of the molecule is Cc1cc(C)c(NC(=O)CN2CCC[C@@H](C(=O)Nc3ccccc3)C2)c(C)c1. The number of benzene rings is 2. The van der Waals surface area contributed by atoms with Gasteiger partial charge in [0, 0.05) is 17.9 Å². The summed E-state index contributed by atoms with van der Waals surface area (Å²) in [5.41, 5.74) is 5.05. The number of carbonyl (C=O) groups excluding carboxylic acids is 2. The smallest absolute Gasteiger partial charge is 0.238 e. The molecular formula is C23H29N3O2. The van der Waals surface area contributed by atoms with Crippen molar-refractivity contribution < 1.29 is 9.59 Å². The zero-order chi connectivity index (χ0) is 20.1. The molecule has 2 aromatic carbocycles. The topological polar surface area (TPSA) is 61.4 Å². The van der Waals surface area contributed by atoms with E-state index in [1.807, 2.05) is 44.2 Å². The Kier molecular flexibility index (Phi) is 6.47. The van der Waals surface area contributed by atoms with Crippen molar-refractivity contribution in [2.45, 2.75) is 33.6 Å². The highest BCUT2D eigenvalue weighted by Gasteiger charge is 2.27. The maximum atomic E-state index is 12.6. The van der Waals surface area contributed by atoms with Crippen LogP contribution in [0.25, 0.3) is 0 Å². The van der Waals surface area contributed by atoms with Gasteiger partial charge in [0.05, 0.1) is 12.5 Å². The van der Waals surface area contributed by atoms with E-state index in [0.29, 0.717) is 13.1 Å². The van der Waals surface area contributed by atoms with Gasteiger partial charge in [0.25, 0.3) is 0 Å². The van der Waals surface area contributed by atoms with Crippen molar-refractivity contribution in [1.29, 1.82) is 0 Å². The van der Waals surface area contributed by atoms with Crippen molar-refractivity contribution in [3.8, 4) is 0 Å². The lowest BCUT2D eigenvalue weighted by Crippen LogP contribution is -2.44. The van der Waals surface area contributed by atoms with Gasteiger partial charge in [0.1, 0.15) is 0 Å². The van der Waals surface area contributed by atoms with Crippen LogP contribution in [-0.4, -0.2) is 36.3 Å². The number of nitrogens with zero attached hydrogens (tertiary/aromatic N) is 1. The number of para-hydroxylation sites is 1. The quantitative estimate of drug-likeness (QED) is 0.828. The van der Waals surface area contributed by atoms with Gasteiger partial charge in [-0.25, -0.2) is 0 Å². The van der Waals surface area contributed by atoms with Crippen molar-refractivity contribution >= 4 is 23.2 Å². The summed E-state index contributed by atoms with van der Waals surface area (Å²) in [7, 11) is 0. The summed E-state index contributed by atoms with van der Waals surface area (Å²) < 4.78 is 0. The number of carbonyl (C=O) groups is 2. The predicted molar refractivity (Wildman–Crippen MR) is 114 cm³/mol. The second-order valence-corrected chi connectivity index (χ2v) is 7.75. The Morgan fingerprint density at radius 1 is 1.04 bits per heavy atom. The van der Waals surface area contributed by atoms with E-state index in [1.165, 1.54) is 5.56 Å². The number of hydrogen-bond acceptors (Lipinski definition) is 3. The molecule has 5 heteroatoms. The van der Waals surface area contributed by atoms with Gasteiger partial charge in [0.2, 0.25) is 11.8 Å². The Hall–Kier alpha value is -2.66. The first-order chi connectivity index (χ1) is 13.4. The minimum atomic E-state index is -0.0930. The second-order valence-electron chi connectivity index (χ2n) is 7.75. The molecule has 148 valence electrons. The summed E-state index contributed by atoms with van der Waals surface area (Å²) in [5.74, 6) is -0.0923. The van der Waals surface area contributed by atoms with Gasteiger partial charge in [-0.1, -0.05) is 35.9 Å². The van der Waals surface area contributed by atoms with Crippen LogP contribution in [0.15, 0.2) is 42.5 Å². The Balaban J connectivity index is 1.56. The molecule has 0 unspecified atom stereocenters. The number of hydrogen-bond donors (Lipinski definition) is 2. The molecule has 1 aliphatic heterocycles. The molecule has 3 rings (SSSR count). The normalized spacial score (nSPS) is 17.2. The van der Waals surface area contributed by atoms with E-state index >= 15 is 0 Å². The first kappa shape index (κ1) is 20.1. The standard InChI is InChI=1S/C23H29N3O2/c1-16-12-17(2)22(18(3)13-16)25-21(27)15-26-11-7-8-19(14-26)23(28)24-20-9-5-4-6-10-20/h4-6,9-10,12-13,19H,7-8,11,14-15H2,1-3H3,(H,24,28)(H,25,27)/t19-/m1/s1. The van der Waals surface area contributed by atoms with Gasteiger partial charge >= 0.3 is 0 Å². The highest BCUT2D eigenvalue weighted by atomic mass is 16.2.